The van der Waals surface area contributed by atoms with E-state index in [0.717, 1.165) is 18.4 Å². The number of hydrogen-bond donors (Lipinski definition) is 2. The Balaban J connectivity index is 1.79. The minimum Gasteiger partial charge on any atom is -0.369 e. The first kappa shape index (κ1) is 20.4. The maximum Gasteiger partial charge on any atom is 0.225 e. The third kappa shape index (κ3) is 2.70. The molecule has 29 heavy (non-hydrogen) atoms. The number of rotatable bonds is 8. The van der Waals surface area contributed by atoms with Gasteiger partial charge in [0.25, 0.3) is 0 Å². The second kappa shape index (κ2) is 6.85. The smallest absolute Gasteiger partial charge is 0.225 e. The van der Waals surface area contributed by atoms with Crippen LogP contribution in [0, 0.1) is 28.1 Å². The van der Waals surface area contributed by atoms with Crippen molar-refractivity contribution in [1.82, 2.24) is 4.90 Å². The number of primary amides is 2. The van der Waals surface area contributed by atoms with Gasteiger partial charge < -0.3 is 16.4 Å². The Kier molecular flexibility index (Phi) is 4.82. The van der Waals surface area contributed by atoms with Crippen molar-refractivity contribution in [3.05, 3.63) is 47.0 Å². The van der Waals surface area contributed by atoms with Crippen LogP contribution in [-0.4, -0.2) is 37.4 Å². The van der Waals surface area contributed by atoms with Crippen LogP contribution in [0.5, 0.6) is 0 Å². The summed E-state index contributed by atoms with van der Waals surface area (Å²) < 4.78 is 0. The predicted octanol–water partition coefficient (Wildman–Crippen LogP) is 2.76. The van der Waals surface area contributed by atoms with E-state index in [1.165, 1.54) is 0 Å². The van der Waals surface area contributed by atoms with Crippen molar-refractivity contribution in [2.24, 2.45) is 39.5 Å². The molecular formula is C23H30ClN3O2. The number of halogens is 1. The van der Waals surface area contributed by atoms with Gasteiger partial charge in [-0.15, -0.1) is 0 Å². The molecule has 4 N–H and O–H groups in total. The Morgan fingerprint density at radius 2 is 1.52 bits per heavy atom. The topological polar surface area (TPSA) is 89.4 Å². The highest BCUT2D eigenvalue weighted by Gasteiger charge is 2.81. The van der Waals surface area contributed by atoms with Crippen molar-refractivity contribution in [2.45, 2.75) is 32.1 Å². The Morgan fingerprint density at radius 3 is 1.97 bits per heavy atom. The number of nitrogens with two attached hydrogens (primary N) is 2. The summed E-state index contributed by atoms with van der Waals surface area (Å²) in [6, 6.07) is 7.64. The number of hydrogen-bond acceptors (Lipinski definition) is 3. The highest BCUT2D eigenvalue weighted by Crippen LogP contribution is 2.81. The molecule has 2 saturated carbocycles. The molecule has 0 heterocycles. The molecular weight excluding hydrogens is 386 g/mol. The average Bonchev–Trinajstić information content (AvgIpc) is 3.33. The minimum atomic E-state index is -0.954. The van der Waals surface area contributed by atoms with Gasteiger partial charge in [-0.05, 0) is 87.7 Å². The lowest BCUT2D eigenvalue weighted by molar-refractivity contribution is -0.152. The van der Waals surface area contributed by atoms with Crippen LogP contribution in [0.1, 0.15) is 31.2 Å². The number of allylic oxidation sites excluding steroid dienone is 2. The van der Waals surface area contributed by atoms with Gasteiger partial charge in [-0.1, -0.05) is 35.9 Å². The lowest BCUT2D eigenvalue weighted by Gasteiger charge is -2.48. The van der Waals surface area contributed by atoms with Crippen LogP contribution in [-0.2, 0) is 16.0 Å². The Labute approximate surface area is 177 Å². The van der Waals surface area contributed by atoms with Gasteiger partial charge in [0.05, 0.1) is 10.8 Å². The van der Waals surface area contributed by atoms with Crippen LogP contribution in [0.15, 0.2) is 36.4 Å². The summed E-state index contributed by atoms with van der Waals surface area (Å²) in [4.78, 5) is 28.4. The van der Waals surface area contributed by atoms with Crippen LogP contribution in [0.3, 0.4) is 0 Å². The van der Waals surface area contributed by atoms with Crippen molar-refractivity contribution >= 4 is 23.4 Å². The average molecular weight is 416 g/mol. The molecule has 0 radical (unpaired) electrons. The number of benzene rings is 1. The van der Waals surface area contributed by atoms with E-state index in [9.17, 15) is 9.59 Å². The van der Waals surface area contributed by atoms with Gasteiger partial charge in [0, 0.05) is 5.02 Å². The van der Waals surface area contributed by atoms with E-state index in [1.807, 2.05) is 43.3 Å². The van der Waals surface area contributed by atoms with Gasteiger partial charge in [0.15, 0.2) is 0 Å². The van der Waals surface area contributed by atoms with E-state index in [4.69, 9.17) is 23.1 Å². The number of carbonyl (C=O) groups excluding carboxylic acids is 2. The molecule has 156 valence electrons. The van der Waals surface area contributed by atoms with Gasteiger partial charge >= 0.3 is 0 Å². The fraction of sp³-hybridized carbons (Fsp3) is 0.565. The SMILES string of the molecule is CN(C)CC[C@@]1(C(N)=O)[C@@H]2C=C[C@@H](C23CC3)[C@@]1(CCc1ccc(Cl)cc1)C(N)=O. The van der Waals surface area contributed by atoms with Gasteiger partial charge in [-0.3, -0.25) is 9.59 Å². The van der Waals surface area contributed by atoms with E-state index in [0.29, 0.717) is 30.8 Å². The Bertz CT molecular complexity index is 861. The largest absolute Gasteiger partial charge is 0.369 e. The highest BCUT2D eigenvalue weighted by atomic mass is 35.5. The summed E-state index contributed by atoms with van der Waals surface area (Å²) in [7, 11) is 3.95. The number of nitrogens with zero attached hydrogens (tertiary/aromatic N) is 1. The van der Waals surface area contributed by atoms with Crippen LogP contribution < -0.4 is 11.5 Å². The van der Waals surface area contributed by atoms with Crippen LogP contribution >= 0.6 is 11.6 Å². The molecule has 1 spiro atoms. The normalized spacial score (nSPS) is 33.5. The summed E-state index contributed by atoms with van der Waals surface area (Å²) in [5, 5.41) is 0.677. The first-order valence-corrected chi connectivity index (χ1v) is 10.8. The van der Waals surface area contributed by atoms with E-state index < -0.39 is 10.8 Å². The number of amides is 2. The molecule has 4 rings (SSSR count). The molecule has 0 aliphatic heterocycles. The maximum absolute atomic E-state index is 13.2. The fourth-order valence-corrected chi connectivity index (χ4v) is 6.70. The summed E-state index contributed by atoms with van der Waals surface area (Å²) in [6.07, 6.45) is 8.09. The molecule has 0 saturated heterocycles. The van der Waals surface area contributed by atoms with E-state index in [1.54, 1.807) is 0 Å². The van der Waals surface area contributed by atoms with E-state index >= 15 is 0 Å². The lowest BCUT2D eigenvalue weighted by atomic mass is 9.53. The third-order valence-corrected chi connectivity index (χ3v) is 8.23. The summed E-state index contributed by atoms with van der Waals surface area (Å²) >= 11 is 6.02. The second-order valence-electron chi connectivity index (χ2n) is 9.42. The molecule has 0 unspecified atom stereocenters. The van der Waals surface area contributed by atoms with Gasteiger partial charge in [0.1, 0.15) is 0 Å². The van der Waals surface area contributed by atoms with Crippen molar-refractivity contribution in [1.29, 1.82) is 0 Å². The molecule has 3 aliphatic rings. The summed E-state index contributed by atoms with van der Waals surface area (Å²) in [6.45, 7) is 0.687. The lowest BCUT2D eigenvalue weighted by Crippen LogP contribution is -2.60. The van der Waals surface area contributed by atoms with Crippen molar-refractivity contribution < 1.29 is 9.59 Å². The molecule has 3 aliphatic carbocycles. The summed E-state index contributed by atoms with van der Waals surface area (Å²) in [5.41, 5.74) is 11.5. The highest BCUT2D eigenvalue weighted by molar-refractivity contribution is 6.30. The quantitative estimate of drug-likeness (QED) is 0.639. The van der Waals surface area contributed by atoms with E-state index in [-0.39, 0.29) is 29.1 Å². The van der Waals surface area contributed by atoms with Crippen molar-refractivity contribution in [3.8, 4) is 0 Å². The van der Waals surface area contributed by atoms with Gasteiger partial charge in [-0.25, -0.2) is 0 Å². The molecule has 1 aromatic carbocycles. The summed E-state index contributed by atoms with van der Waals surface area (Å²) in [5.74, 6) is -0.779. The third-order valence-electron chi connectivity index (χ3n) is 7.97. The van der Waals surface area contributed by atoms with Crippen LogP contribution in [0.25, 0.3) is 0 Å². The standard InChI is InChI=1S/C23H30ClN3O2/c1-27(2)14-13-23(20(26)29)18-8-7-17(21(18)11-12-21)22(23,19(25)28)10-9-15-3-5-16(24)6-4-15/h3-8,17-18H,9-14H2,1-2H3,(H2,25,28)(H2,26,29)/t17-,18+,22-,23-/m0/s1. The molecule has 2 bridgehead atoms. The monoisotopic (exact) mass is 415 g/mol. The van der Waals surface area contributed by atoms with Crippen molar-refractivity contribution in [3.63, 3.8) is 0 Å². The van der Waals surface area contributed by atoms with Gasteiger partial charge in [-0.2, -0.15) is 0 Å². The molecule has 2 amide bonds. The molecule has 5 nitrogen and oxygen atoms in total. The van der Waals surface area contributed by atoms with E-state index in [2.05, 4.69) is 12.2 Å². The second-order valence-corrected chi connectivity index (χ2v) is 9.86. The predicted molar refractivity (Wildman–Crippen MR) is 114 cm³/mol. The molecule has 2 fully saturated rings. The maximum atomic E-state index is 13.2. The first-order valence-electron chi connectivity index (χ1n) is 10.4. The number of carbonyl (C=O) groups is 2. The fourth-order valence-electron chi connectivity index (χ4n) is 6.57. The zero-order valence-corrected chi connectivity index (χ0v) is 17.9. The first-order chi connectivity index (χ1) is 13.7. The molecule has 1 aromatic rings. The zero-order chi connectivity index (χ0) is 21.0. The molecule has 0 aromatic heterocycles. The number of aryl methyl sites for hydroxylation is 1. The van der Waals surface area contributed by atoms with Crippen LogP contribution in [0.4, 0.5) is 0 Å². The van der Waals surface area contributed by atoms with Crippen LogP contribution in [0.2, 0.25) is 5.02 Å². The molecule has 6 heteroatoms. The van der Waals surface area contributed by atoms with Crippen molar-refractivity contribution in [2.75, 3.05) is 20.6 Å². The Morgan fingerprint density at radius 1 is 1.00 bits per heavy atom. The molecule has 4 atom stereocenters. The van der Waals surface area contributed by atoms with Gasteiger partial charge in [0.2, 0.25) is 11.8 Å². The minimum absolute atomic E-state index is 0.00447. The Hall–Kier alpha value is -1.85. The zero-order valence-electron chi connectivity index (χ0n) is 17.2.